The van der Waals surface area contributed by atoms with Crippen LogP contribution in [0, 0.1) is 6.92 Å². The maximum atomic E-state index is 6.10. The van der Waals surface area contributed by atoms with Crippen molar-refractivity contribution < 1.29 is 9.47 Å². The predicted octanol–water partition coefficient (Wildman–Crippen LogP) is 5.75. The molecule has 0 bridgehead atoms. The molecule has 144 valence electrons. The molecule has 26 heavy (non-hydrogen) atoms. The number of benzene rings is 2. The Labute approximate surface area is 167 Å². The summed E-state index contributed by atoms with van der Waals surface area (Å²) < 4.78 is 11.0. The lowest BCUT2D eigenvalue weighted by atomic mass is 10.1. The van der Waals surface area contributed by atoms with E-state index in [1.54, 1.807) is 26.0 Å². The van der Waals surface area contributed by atoms with E-state index in [9.17, 15) is 0 Å². The molecule has 1 N–H and O–H groups in total. The Bertz CT molecular complexity index is 672. The van der Waals surface area contributed by atoms with E-state index in [1.807, 2.05) is 38.3 Å². The van der Waals surface area contributed by atoms with Gasteiger partial charge in [-0.3, -0.25) is 0 Å². The van der Waals surface area contributed by atoms with E-state index in [0.29, 0.717) is 0 Å². The third-order valence-corrected chi connectivity index (χ3v) is 4.77. The maximum absolute atomic E-state index is 6.10. The molecule has 0 fully saturated rings. The minimum absolute atomic E-state index is 0.783. The molecule has 2 rings (SSSR count). The molecule has 5 heteroatoms. The van der Waals surface area contributed by atoms with Crippen LogP contribution in [0.2, 0.25) is 5.02 Å². The normalized spacial score (nSPS) is 10.1. The quantitative estimate of drug-likeness (QED) is 0.455. The van der Waals surface area contributed by atoms with Crippen molar-refractivity contribution in [1.29, 1.82) is 0 Å². The van der Waals surface area contributed by atoms with Gasteiger partial charge in [0.2, 0.25) is 0 Å². The SMILES string of the molecule is CC.COc1cc(SC)c(OC)cc1CCNCc1cc(C)cc(Cl)c1. The monoisotopic (exact) mass is 395 g/mol. The number of hydrogen-bond acceptors (Lipinski definition) is 4. The van der Waals surface area contributed by atoms with Crippen molar-refractivity contribution in [3.63, 3.8) is 0 Å². The van der Waals surface area contributed by atoms with E-state index in [0.717, 1.165) is 46.5 Å². The van der Waals surface area contributed by atoms with Gasteiger partial charge in [-0.15, -0.1) is 11.8 Å². The lowest BCUT2D eigenvalue weighted by Gasteiger charge is -2.14. The Kier molecular flexibility index (Phi) is 10.6. The highest BCUT2D eigenvalue weighted by molar-refractivity contribution is 7.98. The van der Waals surface area contributed by atoms with E-state index in [4.69, 9.17) is 21.1 Å². The van der Waals surface area contributed by atoms with Crippen LogP contribution in [0.3, 0.4) is 0 Å². The zero-order chi connectivity index (χ0) is 19.5. The number of nitrogens with one attached hydrogen (secondary N) is 1. The second-order valence-corrected chi connectivity index (χ2v) is 6.87. The van der Waals surface area contributed by atoms with Gasteiger partial charge < -0.3 is 14.8 Å². The third-order valence-electron chi connectivity index (χ3n) is 3.79. The average Bonchev–Trinajstić information content (AvgIpc) is 2.65. The van der Waals surface area contributed by atoms with Crippen LogP contribution in [-0.4, -0.2) is 27.0 Å². The summed E-state index contributed by atoms with van der Waals surface area (Å²) in [5.41, 5.74) is 3.52. The van der Waals surface area contributed by atoms with Gasteiger partial charge in [-0.25, -0.2) is 0 Å². The molecule has 0 aliphatic rings. The molecule has 3 nitrogen and oxygen atoms in total. The molecule has 0 spiro atoms. The minimum Gasteiger partial charge on any atom is -0.496 e. The lowest BCUT2D eigenvalue weighted by Crippen LogP contribution is -2.17. The third kappa shape index (κ3) is 6.75. The van der Waals surface area contributed by atoms with Crippen LogP contribution in [-0.2, 0) is 13.0 Å². The molecule has 2 aromatic carbocycles. The van der Waals surface area contributed by atoms with E-state index < -0.39 is 0 Å². The van der Waals surface area contributed by atoms with Gasteiger partial charge in [0.1, 0.15) is 11.5 Å². The van der Waals surface area contributed by atoms with Crippen molar-refractivity contribution >= 4 is 23.4 Å². The number of ether oxygens (including phenoxy) is 2. The fourth-order valence-electron chi connectivity index (χ4n) is 2.66. The maximum Gasteiger partial charge on any atom is 0.132 e. The molecule has 0 aliphatic carbocycles. The summed E-state index contributed by atoms with van der Waals surface area (Å²) in [6.45, 7) is 7.70. The molecule has 0 saturated heterocycles. The van der Waals surface area contributed by atoms with Crippen molar-refractivity contribution in [3.8, 4) is 11.5 Å². The minimum atomic E-state index is 0.783. The van der Waals surface area contributed by atoms with Gasteiger partial charge in [0.25, 0.3) is 0 Å². The number of rotatable bonds is 8. The van der Waals surface area contributed by atoms with Crippen molar-refractivity contribution in [2.75, 3.05) is 27.0 Å². The highest BCUT2D eigenvalue weighted by Gasteiger charge is 2.10. The lowest BCUT2D eigenvalue weighted by molar-refractivity contribution is 0.390. The van der Waals surface area contributed by atoms with Crippen molar-refractivity contribution in [3.05, 3.63) is 52.0 Å². The number of halogens is 1. The second kappa shape index (κ2) is 12.1. The summed E-state index contributed by atoms with van der Waals surface area (Å²) in [7, 11) is 3.41. The van der Waals surface area contributed by atoms with Gasteiger partial charge in [0, 0.05) is 11.6 Å². The van der Waals surface area contributed by atoms with Gasteiger partial charge in [-0.1, -0.05) is 31.5 Å². The molecule has 0 aromatic heterocycles. The first kappa shape index (κ1) is 22.7. The zero-order valence-electron chi connectivity index (χ0n) is 16.6. The van der Waals surface area contributed by atoms with Gasteiger partial charge in [0.15, 0.2) is 0 Å². The van der Waals surface area contributed by atoms with Crippen LogP contribution < -0.4 is 14.8 Å². The van der Waals surface area contributed by atoms with Crippen LogP contribution in [0.4, 0.5) is 0 Å². The van der Waals surface area contributed by atoms with Crippen LogP contribution in [0.1, 0.15) is 30.5 Å². The van der Waals surface area contributed by atoms with E-state index in [-0.39, 0.29) is 0 Å². The van der Waals surface area contributed by atoms with Crippen LogP contribution in [0.5, 0.6) is 11.5 Å². The highest BCUT2D eigenvalue weighted by Crippen LogP contribution is 2.34. The molecule has 0 saturated carbocycles. The van der Waals surface area contributed by atoms with Crippen LogP contribution >= 0.6 is 23.4 Å². The first-order chi connectivity index (χ1) is 12.6. The van der Waals surface area contributed by atoms with Gasteiger partial charge in [0.05, 0.1) is 19.1 Å². The van der Waals surface area contributed by atoms with Crippen molar-refractivity contribution in [2.24, 2.45) is 0 Å². The first-order valence-corrected chi connectivity index (χ1v) is 10.4. The second-order valence-electron chi connectivity index (χ2n) is 5.58. The predicted molar refractivity (Wildman–Crippen MR) is 114 cm³/mol. The fourth-order valence-corrected chi connectivity index (χ4v) is 3.54. The number of methoxy groups -OCH3 is 2. The molecule has 0 amide bonds. The van der Waals surface area contributed by atoms with E-state index in [1.165, 1.54) is 11.1 Å². The topological polar surface area (TPSA) is 30.5 Å². The van der Waals surface area contributed by atoms with Gasteiger partial charge in [-0.05, 0) is 67.1 Å². The molecular weight excluding hydrogens is 366 g/mol. The summed E-state index contributed by atoms with van der Waals surface area (Å²) in [5.74, 6) is 1.80. The summed E-state index contributed by atoms with van der Waals surface area (Å²) in [4.78, 5) is 1.08. The Morgan fingerprint density at radius 3 is 2.27 bits per heavy atom. The Balaban J connectivity index is 0.00000163. The van der Waals surface area contributed by atoms with E-state index in [2.05, 4.69) is 24.4 Å². The number of thioether (sulfide) groups is 1. The summed E-state index contributed by atoms with van der Waals surface area (Å²) >= 11 is 7.75. The van der Waals surface area contributed by atoms with Crippen molar-refractivity contribution in [1.82, 2.24) is 5.32 Å². The largest absolute Gasteiger partial charge is 0.496 e. The fraction of sp³-hybridized carbons (Fsp3) is 0.429. The molecule has 0 atom stereocenters. The summed E-state index contributed by atoms with van der Waals surface area (Å²) in [6.07, 6.45) is 2.90. The van der Waals surface area contributed by atoms with Crippen molar-refractivity contribution in [2.45, 2.75) is 38.6 Å². The molecule has 0 heterocycles. The Morgan fingerprint density at radius 2 is 1.69 bits per heavy atom. The summed E-state index contributed by atoms with van der Waals surface area (Å²) in [5, 5.41) is 4.24. The Morgan fingerprint density at radius 1 is 1.00 bits per heavy atom. The molecule has 0 unspecified atom stereocenters. The molecular formula is C21H30ClNO2S. The number of aryl methyl sites for hydroxylation is 1. The first-order valence-electron chi connectivity index (χ1n) is 8.83. The molecule has 0 radical (unpaired) electrons. The molecule has 2 aromatic rings. The van der Waals surface area contributed by atoms with Gasteiger partial charge >= 0.3 is 0 Å². The average molecular weight is 396 g/mol. The summed E-state index contributed by atoms with van der Waals surface area (Å²) in [6, 6.07) is 10.2. The standard InChI is InChI=1S/C19H24ClNO2S.C2H6/c1-13-7-14(9-16(20)8-13)12-21-6-5-15-10-18(23-3)19(24-4)11-17(15)22-2;1-2/h7-11,21H,5-6,12H2,1-4H3;1-2H3. The van der Waals surface area contributed by atoms with Crippen LogP contribution in [0.25, 0.3) is 0 Å². The smallest absolute Gasteiger partial charge is 0.132 e. The van der Waals surface area contributed by atoms with E-state index >= 15 is 0 Å². The van der Waals surface area contributed by atoms with Crippen LogP contribution in [0.15, 0.2) is 35.2 Å². The molecule has 0 aliphatic heterocycles. The zero-order valence-corrected chi connectivity index (χ0v) is 18.2. The Hall–Kier alpha value is -1.36. The highest BCUT2D eigenvalue weighted by atomic mass is 35.5. The van der Waals surface area contributed by atoms with Gasteiger partial charge in [-0.2, -0.15) is 0 Å². The number of hydrogen-bond donors (Lipinski definition) is 1.